The Hall–Kier alpha value is -5.11. The Labute approximate surface area is 215 Å². The standard InChI is InChI=1S/C30H24N4O4/c1-33-27(31)24(29(37)34(2)30(33)38)22(19-12-11-16-7-3-4-9-18(16)15-19)23-26(35)21-14-13-17-8-5-6-10-20(17)25(21)32-28(23)36/h3-15,22H,31H2,1-2H3,(H2,32,35,36). The van der Waals surface area contributed by atoms with Crippen molar-refractivity contribution in [2.24, 2.45) is 14.1 Å². The number of nitrogens with two attached hydrogens (primary N) is 1. The minimum Gasteiger partial charge on any atom is -0.507 e. The van der Waals surface area contributed by atoms with E-state index in [9.17, 15) is 19.5 Å². The first-order chi connectivity index (χ1) is 18.3. The first-order valence-electron chi connectivity index (χ1n) is 12.1. The minimum absolute atomic E-state index is 0.0227. The number of aromatic nitrogens is 3. The van der Waals surface area contributed by atoms with Crippen molar-refractivity contribution in [2.75, 3.05) is 5.73 Å². The second-order valence-corrected chi connectivity index (χ2v) is 9.47. The van der Waals surface area contributed by atoms with Crippen LogP contribution in [-0.4, -0.2) is 19.2 Å². The fraction of sp³-hybridized carbons (Fsp3) is 0.100. The third-order valence-corrected chi connectivity index (χ3v) is 7.35. The minimum atomic E-state index is -1.05. The molecule has 0 aliphatic rings. The number of anilines is 1. The first kappa shape index (κ1) is 23.3. The van der Waals surface area contributed by atoms with Crippen LogP contribution in [0.15, 0.2) is 93.2 Å². The van der Waals surface area contributed by atoms with Gasteiger partial charge in [-0.15, -0.1) is 0 Å². The van der Waals surface area contributed by atoms with Crippen molar-refractivity contribution >= 4 is 38.3 Å². The van der Waals surface area contributed by atoms with Crippen LogP contribution in [0.2, 0.25) is 0 Å². The molecule has 0 fully saturated rings. The molecule has 0 aliphatic carbocycles. The number of aromatic amines is 1. The van der Waals surface area contributed by atoms with E-state index in [1.165, 1.54) is 18.7 Å². The van der Waals surface area contributed by atoms with E-state index in [0.29, 0.717) is 16.5 Å². The Bertz CT molecular complexity index is 2100. The number of nitrogens with one attached hydrogen (secondary N) is 1. The summed E-state index contributed by atoms with van der Waals surface area (Å²) in [5.74, 6) is -1.37. The highest BCUT2D eigenvalue weighted by Gasteiger charge is 2.31. The lowest BCUT2D eigenvalue weighted by atomic mass is 9.84. The molecular weight excluding hydrogens is 480 g/mol. The van der Waals surface area contributed by atoms with E-state index in [-0.39, 0.29) is 22.7 Å². The summed E-state index contributed by atoms with van der Waals surface area (Å²) in [4.78, 5) is 42.9. The molecule has 0 amide bonds. The lowest BCUT2D eigenvalue weighted by Gasteiger charge is -2.23. The Balaban J connectivity index is 1.76. The van der Waals surface area contributed by atoms with Crippen LogP contribution in [0.25, 0.3) is 32.4 Å². The highest BCUT2D eigenvalue weighted by Crippen LogP contribution is 2.40. The maximum atomic E-state index is 13.8. The van der Waals surface area contributed by atoms with Crippen LogP contribution >= 0.6 is 0 Å². The van der Waals surface area contributed by atoms with E-state index in [4.69, 9.17) is 5.73 Å². The van der Waals surface area contributed by atoms with E-state index in [1.807, 2.05) is 66.7 Å². The molecule has 6 rings (SSSR count). The summed E-state index contributed by atoms with van der Waals surface area (Å²) in [6.45, 7) is 0. The summed E-state index contributed by atoms with van der Waals surface area (Å²) >= 11 is 0. The molecule has 8 nitrogen and oxygen atoms in total. The number of pyridine rings is 1. The molecule has 38 heavy (non-hydrogen) atoms. The van der Waals surface area contributed by atoms with Gasteiger partial charge in [0, 0.05) is 24.9 Å². The third kappa shape index (κ3) is 3.34. The van der Waals surface area contributed by atoms with Gasteiger partial charge in [0.25, 0.3) is 11.1 Å². The third-order valence-electron chi connectivity index (χ3n) is 7.35. The molecule has 6 aromatic rings. The monoisotopic (exact) mass is 504 g/mol. The summed E-state index contributed by atoms with van der Waals surface area (Å²) in [6, 6.07) is 24.4. The van der Waals surface area contributed by atoms with Gasteiger partial charge >= 0.3 is 5.69 Å². The van der Waals surface area contributed by atoms with E-state index >= 15 is 0 Å². The zero-order chi connectivity index (χ0) is 26.7. The van der Waals surface area contributed by atoms with Crippen molar-refractivity contribution in [3.05, 3.63) is 127 Å². The van der Waals surface area contributed by atoms with Gasteiger partial charge in [-0.1, -0.05) is 72.8 Å². The van der Waals surface area contributed by atoms with Crippen LogP contribution < -0.4 is 22.5 Å². The molecular formula is C30H24N4O4. The fourth-order valence-electron chi connectivity index (χ4n) is 5.33. The Morgan fingerprint density at radius 3 is 2.18 bits per heavy atom. The second-order valence-electron chi connectivity index (χ2n) is 9.47. The van der Waals surface area contributed by atoms with Gasteiger partial charge in [-0.2, -0.15) is 0 Å². The van der Waals surface area contributed by atoms with Gasteiger partial charge in [0.15, 0.2) is 0 Å². The molecule has 0 bridgehead atoms. The molecule has 8 heteroatoms. The van der Waals surface area contributed by atoms with Gasteiger partial charge in [-0.25, -0.2) is 4.79 Å². The SMILES string of the molecule is Cn1c(N)c(C(c2ccc3ccccc3c2)c2c(O)c3ccc4ccccc4c3[nH]c2=O)c(=O)n(C)c1=O. The maximum absolute atomic E-state index is 13.8. The van der Waals surface area contributed by atoms with Crippen LogP contribution in [-0.2, 0) is 14.1 Å². The normalized spacial score (nSPS) is 12.4. The molecule has 0 spiro atoms. The number of nitrogen functional groups attached to an aromatic ring is 1. The summed E-state index contributed by atoms with van der Waals surface area (Å²) in [5, 5.41) is 15.6. The fourth-order valence-corrected chi connectivity index (χ4v) is 5.33. The number of rotatable bonds is 3. The number of hydrogen-bond donors (Lipinski definition) is 3. The number of aromatic hydroxyl groups is 1. The van der Waals surface area contributed by atoms with Crippen LogP contribution in [0.4, 0.5) is 5.82 Å². The second kappa shape index (κ2) is 8.48. The van der Waals surface area contributed by atoms with Gasteiger partial charge in [-0.3, -0.25) is 18.7 Å². The van der Waals surface area contributed by atoms with Gasteiger partial charge in [-0.05, 0) is 27.8 Å². The van der Waals surface area contributed by atoms with Gasteiger partial charge in [0.05, 0.1) is 22.6 Å². The molecule has 0 radical (unpaired) electrons. The lowest BCUT2D eigenvalue weighted by molar-refractivity contribution is 0.471. The topological polar surface area (TPSA) is 123 Å². The maximum Gasteiger partial charge on any atom is 0.332 e. The van der Waals surface area contributed by atoms with E-state index in [2.05, 4.69) is 4.98 Å². The highest BCUT2D eigenvalue weighted by molar-refractivity contribution is 6.07. The van der Waals surface area contributed by atoms with Crippen molar-refractivity contribution in [3.63, 3.8) is 0 Å². The summed E-state index contributed by atoms with van der Waals surface area (Å²) in [6.07, 6.45) is 0. The molecule has 1 atom stereocenters. The molecule has 0 saturated carbocycles. The van der Waals surface area contributed by atoms with E-state index in [1.54, 1.807) is 12.1 Å². The smallest absolute Gasteiger partial charge is 0.332 e. The molecule has 1 unspecified atom stereocenters. The lowest BCUT2D eigenvalue weighted by Crippen LogP contribution is -2.41. The van der Waals surface area contributed by atoms with Crippen molar-refractivity contribution in [1.82, 2.24) is 14.1 Å². The molecule has 4 N–H and O–H groups in total. The van der Waals surface area contributed by atoms with Gasteiger partial charge < -0.3 is 15.8 Å². The number of fused-ring (bicyclic) bond motifs is 4. The molecule has 2 heterocycles. The van der Waals surface area contributed by atoms with Gasteiger partial charge in [0.2, 0.25) is 0 Å². The largest absolute Gasteiger partial charge is 0.507 e. The van der Waals surface area contributed by atoms with Crippen molar-refractivity contribution in [1.29, 1.82) is 0 Å². The van der Waals surface area contributed by atoms with Gasteiger partial charge in [0.1, 0.15) is 11.6 Å². The number of H-pyrrole nitrogens is 1. The Morgan fingerprint density at radius 1 is 0.763 bits per heavy atom. The first-order valence-corrected chi connectivity index (χ1v) is 12.1. The zero-order valence-corrected chi connectivity index (χ0v) is 20.7. The average molecular weight is 505 g/mol. The van der Waals surface area contributed by atoms with E-state index < -0.39 is 22.7 Å². The molecule has 2 aromatic heterocycles. The van der Waals surface area contributed by atoms with Crippen LogP contribution in [0, 0.1) is 0 Å². The zero-order valence-electron chi connectivity index (χ0n) is 20.7. The average Bonchev–Trinajstić information content (AvgIpc) is 2.94. The summed E-state index contributed by atoms with van der Waals surface area (Å²) in [7, 11) is 2.83. The molecule has 4 aromatic carbocycles. The van der Waals surface area contributed by atoms with Crippen molar-refractivity contribution < 1.29 is 5.11 Å². The highest BCUT2D eigenvalue weighted by atomic mass is 16.3. The molecule has 0 saturated heterocycles. The molecule has 188 valence electrons. The predicted molar refractivity (Wildman–Crippen MR) is 150 cm³/mol. The van der Waals surface area contributed by atoms with Crippen LogP contribution in [0.3, 0.4) is 0 Å². The summed E-state index contributed by atoms with van der Waals surface area (Å²) < 4.78 is 2.13. The predicted octanol–water partition coefficient (Wildman–Crippen LogP) is 3.70. The Kier molecular flexibility index (Phi) is 5.20. The number of benzene rings is 4. The molecule has 0 aliphatic heterocycles. The van der Waals surface area contributed by atoms with Crippen LogP contribution in [0.1, 0.15) is 22.6 Å². The van der Waals surface area contributed by atoms with Crippen LogP contribution in [0.5, 0.6) is 5.75 Å². The summed E-state index contributed by atoms with van der Waals surface area (Å²) in [5.41, 5.74) is 5.68. The number of nitrogens with zero attached hydrogens (tertiary/aromatic N) is 2. The van der Waals surface area contributed by atoms with Crippen molar-refractivity contribution in [3.8, 4) is 5.75 Å². The van der Waals surface area contributed by atoms with Crippen molar-refractivity contribution in [2.45, 2.75) is 5.92 Å². The quantitative estimate of drug-likeness (QED) is 0.317. The number of hydrogen-bond acceptors (Lipinski definition) is 5. The van der Waals surface area contributed by atoms with E-state index in [0.717, 1.165) is 26.1 Å². The Morgan fingerprint density at radius 2 is 1.42 bits per heavy atom.